The first-order chi connectivity index (χ1) is 8.69. The third kappa shape index (κ3) is 3.06. The maximum absolute atomic E-state index is 13.5. The molecule has 96 valence electrons. The first kappa shape index (κ1) is 13.0. The van der Waals surface area contributed by atoms with Crippen LogP contribution < -0.4 is 5.32 Å². The van der Waals surface area contributed by atoms with Crippen LogP contribution in [0.4, 0.5) is 4.39 Å². The minimum atomic E-state index is -0.284. The summed E-state index contributed by atoms with van der Waals surface area (Å²) in [6, 6.07) is 6.39. The van der Waals surface area contributed by atoms with E-state index in [4.69, 9.17) is 10.4 Å². The highest BCUT2D eigenvalue weighted by Gasteiger charge is 2.41. The van der Waals surface area contributed by atoms with Gasteiger partial charge in [-0.05, 0) is 42.9 Å². The van der Waals surface area contributed by atoms with Crippen LogP contribution in [0.3, 0.4) is 0 Å². The normalized spacial score (nSPS) is 16.3. The number of nitrogens with one attached hydrogen (secondary N) is 1. The van der Waals surface area contributed by atoms with E-state index in [2.05, 4.69) is 5.32 Å². The van der Waals surface area contributed by atoms with Crippen LogP contribution >= 0.6 is 0 Å². The molecule has 0 aliphatic heterocycles. The number of rotatable bonds is 6. The van der Waals surface area contributed by atoms with E-state index in [0.29, 0.717) is 17.7 Å². The van der Waals surface area contributed by atoms with Crippen molar-refractivity contribution >= 4 is 0 Å². The van der Waals surface area contributed by atoms with Crippen LogP contribution in [0.25, 0.3) is 0 Å². The van der Waals surface area contributed by atoms with E-state index in [1.54, 1.807) is 6.07 Å². The van der Waals surface area contributed by atoms with Gasteiger partial charge in [0.2, 0.25) is 0 Å². The summed E-state index contributed by atoms with van der Waals surface area (Å²) >= 11 is 0. The van der Waals surface area contributed by atoms with E-state index in [-0.39, 0.29) is 17.8 Å². The number of aliphatic hydroxyl groups is 1. The van der Waals surface area contributed by atoms with Gasteiger partial charge in [0.05, 0.1) is 11.6 Å². The summed E-state index contributed by atoms with van der Waals surface area (Å²) in [4.78, 5) is 0. The summed E-state index contributed by atoms with van der Waals surface area (Å²) in [6.07, 6.45) is 3.06. The Morgan fingerprint density at radius 3 is 2.83 bits per heavy atom. The lowest BCUT2D eigenvalue weighted by Gasteiger charge is -2.14. The van der Waals surface area contributed by atoms with Crippen LogP contribution in [0.15, 0.2) is 18.2 Å². The average molecular weight is 248 g/mol. The second-order valence-electron chi connectivity index (χ2n) is 5.00. The van der Waals surface area contributed by atoms with Gasteiger partial charge in [0, 0.05) is 25.3 Å². The van der Waals surface area contributed by atoms with Gasteiger partial charge in [-0.2, -0.15) is 5.26 Å². The van der Waals surface area contributed by atoms with E-state index in [1.165, 1.54) is 12.1 Å². The lowest BCUT2D eigenvalue weighted by molar-refractivity contribution is 0.245. The maximum atomic E-state index is 13.5. The summed E-state index contributed by atoms with van der Waals surface area (Å²) in [5.41, 5.74) is 1.22. The molecule has 0 aromatic heterocycles. The molecule has 18 heavy (non-hydrogen) atoms. The van der Waals surface area contributed by atoms with Crippen molar-refractivity contribution in [1.82, 2.24) is 5.32 Å². The van der Waals surface area contributed by atoms with E-state index in [1.807, 2.05) is 6.07 Å². The Balaban J connectivity index is 1.89. The van der Waals surface area contributed by atoms with Crippen LogP contribution in [0, 0.1) is 22.6 Å². The van der Waals surface area contributed by atoms with Crippen molar-refractivity contribution in [2.75, 3.05) is 13.2 Å². The number of hydrogen-bond acceptors (Lipinski definition) is 3. The molecule has 1 saturated carbocycles. The van der Waals surface area contributed by atoms with Crippen LogP contribution in [-0.2, 0) is 6.54 Å². The van der Waals surface area contributed by atoms with Gasteiger partial charge in [0.15, 0.2) is 0 Å². The fourth-order valence-corrected chi connectivity index (χ4v) is 2.17. The highest BCUT2D eigenvalue weighted by Crippen LogP contribution is 2.47. The molecule has 0 radical (unpaired) electrons. The monoisotopic (exact) mass is 248 g/mol. The predicted molar refractivity (Wildman–Crippen MR) is 66.2 cm³/mol. The molecule has 0 bridgehead atoms. The molecule has 1 aromatic carbocycles. The van der Waals surface area contributed by atoms with Gasteiger partial charge >= 0.3 is 0 Å². The van der Waals surface area contributed by atoms with Crippen LogP contribution in [-0.4, -0.2) is 18.3 Å². The van der Waals surface area contributed by atoms with Gasteiger partial charge < -0.3 is 10.4 Å². The maximum Gasteiger partial charge on any atom is 0.127 e. The molecule has 1 fully saturated rings. The fraction of sp³-hybridized carbons (Fsp3) is 0.500. The van der Waals surface area contributed by atoms with Crippen molar-refractivity contribution < 1.29 is 9.50 Å². The number of nitriles is 1. The Hall–Kier alpha value is -1.44. The molecular weight excluding hydrogens is 231 g/mol. The van der Waals surface area contributed by atoms with Crippen molar-refractivity contribution in [3.05, 3.63) is 35.1 Å². The second kappa shape index (κ2) is 5.47. The van der Waals surface area contributed by atoms with E-state index in [0.717, 1.165) is 25.8 Å². The Morgan fingerprint density at radius 2 is 2.22 bits per heavy atom. The number of benzene rings is 1. The number of nitrogens with zero attached hydrogens (tertiary/aromatic N) is 1. The highest BCUT2D eigenvalue weighted by atomic mass is 19.1. The fourth-order valence-electron chi connectivity index (χ4n) is 2.17. The van der Waals surface area contributed by atoms with Gasteiger partial charge in [-0.15, -0.1) is 0 Å². The van der Waals surface area contributed by atoms with Gasteiger partial charge in [-0.1, -0.05) is 0 Å². The zero-order chi connectivity index (χ0) is 13.0. The van der Waals surface area contributed by atoms with Crippen molar-refractivity contribution in [2.45, 2.75) is 25.8 Å². The molecule has 4 heteroatoms. The molecule has 0 saturated heterocycles. The first-order valence-corrected chi connectivity index (χ1v) is 6.19. The van der Waals surface area contributed by atoms with E-state index < -0.39 is 0 Å². The second-order valence-corrected chi connectivity index (χ2v) is 5.00. The molecule has 0 amide bonds. The minimum absolute atomic E-state index is 0.208. The zero-order valence-electron chi connectivity index (χ0n) is 10.2. The van der Waals surface area contributed by atoms with Gasteiger partial charge in [0.25, 0.3) is 0 Å². The number of halogens is 1. The largest absolute Gasteiger partial charge is 0.396 e. The van der Waals surface area contributed by atoms with Crippen LogP contribution in [0.2, 0.25) is 0 Å². The number of hydrogen-bond donors (Lipinski definition) is 2. The quantitative estimate of drug-likeness (QED) is 0.809. The SMILES string of the molecule is N#Cc1ccc(F)c(CNCC2(CCO)CC2)c1. The lowest BCUT2D eigenvalue weighted by atomic mass is 10.0. The van der Waals surface area contributed by atoms with Gasteiger partial charge in [0.1, 0.15) is 5.82 Å². The molecule has 0 atom stereocenters. The zero-order valence-corrected chi connectivity index (χ0v) is 10.2. The Morgan fingerprint density at radius 1 is 1.44 bits per heavy atom. The van der Waals surface area contributed by atoms with Crippen LogP contribution in [0.5, 0.6) is 0 Å². The molecule has 1 aliphatic carbocycles. The van der Waals surface area contributed by atoms with E-state index >= 15 is 0 Å². The van der Waals surface area contributed by atoms with Gasteiger partial charge in [-0.25, -0.2) is 4.39 Å². The van der Waals surface area contributed by atoms with Crippen molar-refractivity contribution in [3.8, 4) is 6.07 Å². The number of aliphatic hydroxyl groups excluding tert-OH is 1. The molecule has 1 aliphatic rings. The van der Waals surface area contributed by atoms with E-state index in [9.17, 15) is 4.39 Å². The lowest BCUT2D eigenvalue weighted by Crippen LogP contribution is -2.24. The third-order valence-electron chi connectivity index (χ3n) is 3.59. The molecule has 2 rings (SSSR count). The Bertz CT molecular complexity index is 463. The Labute approximate surface area is 106 Å². The first-order valence-electron chi connectivity index (χ1n) is 6.19. The van der Waals surface area contributed by atoms with Gasteiger partial charge in [-0.3, -0.25) is 0 Å². The summed E-state index contributed by atoms with van der Waals surface area (Å²) < 4.78 is 13.5. The third-order valence-corrected chi connectivity index (χ3v) is 3.59. The highest BCUT2D eigenvalue weighted by molar-refractivity contribution is 5.33. The average Bonchev–Trinajstić information content (AvgIpc) is 3.12. The Kier molecular flexibility index (Phi) is 3.95. The molecule has 0 spiro atoms. The molecule has 1 aromatic rings. The summed E-state index contributed by atoms with van der Waals surface area (Å²) in [5.74, 6) is -0.284. The summed E-state index contributed by atoms with van der Waals surface area (Å²) in [7, 11) is 0. The minimum Gasteiger partial charge on any atom is -0.396 e. The molecular formula is C14H17FN2O. The predicted octanol–water partition coefficient (Wildman–Crippen LogP) is 1.95. The van der Waals surface area contributed by atoms with Crippen molar-refractivity contribution in [2.24, 2.45) is 5.41 Å². The topological polar surface area (TPSA) is 56.0 Å². The smallest absolute Gasteiger partial charge is 0.127 e. The molecule has 3 nitrogen and oxygen atoms in total. The molecule has 0 unspecified atom stereocenters. The van der Waals surface area contributed by atoms with Crippen LogP contribution in [0.1, 0.15) is 30.4 Å². The summed E-state index contributed by atoms with van der Waals surface area (Å²) in [6.45, 7) is 1.43. The summed E-state index contributed by atoms with van der Waals surface area (Å²) in [5, 5.41) is 20.9. The van der Waals surface area contributed by atoms with Crippen molar-refractivity contribution in [3.63, 3.8) is 0 Å². The molecule has 2 N–H and O–H groups in total. The molecule has 0 heterocycles. The van der Waals surface area contributed by atoms with Crippen molar-refractivity contribution in [1.29, 1.82) is 5.26 Å². The standard InChI is InChI=1S/C14H17FN2O/c15-13-2-1-11(8-16)7-12(13)9-17-10-14(3-4-14)5-6-18/h1-2,7,17-18H,3-6,9-10H2.